The Morgan fingerprint density at radius 2 is 1.68 bits per heavy atom. The Balaban J connectivity index is 1.64. The van der Waals surface area contributed by atoms with Gasteiger partial charge in [0.15, 0.2) is 17.6 Å². The third kappa shape index (κ3) is 5.57. The highest BCUT2D eigenvalue weighted by Gasteiger charge is 2.38. The molecule has 0 spiro atoms. The van der Waals surface area contributed by atoms with E-state index in [1.807, 2.05) is 25.1 Å². The van der Waals surface area contributed by atoms with Gasteiger partial charge in [0.25, 0.3) is 15.9 Å². The number of fused-ring (bicyclic) bond motifs is 1. The van der Waals surface area contributed by atoms with E-state index in [1.165, 1.54) is 4.31 Å². The largest absolute Gasteiger partial charge is 0.493 e. The quantitative estimate of drug-likeness (QED) is 0.473. The number of sulfonamides is 1. The van der Waals surface area contributed by atoms with E-state index in [0.29, 0.717) is 22.9 Å². The second-order valence-corrected chi connectivity index (χ2v) is 12.2. The molecule has 202 valence electrons. The van der Waals surface area contributed by atoms with Gasteiger partial charge < -0.3 is 19.5 Å². The van der Waals surface area contributed by atoms with Crippen LogP contribution in [0.2, 0.25) is 0 Å². The molecule has 1 heterocycles. The van der Waals surface area contributed by atoms with Crippen molar-refractivity contribution in [2.24, 2.45) is 0 Å². The van der Waals surface area contributed by atoms with Gasteiger partial charge in [-0.15, -0.1) is 0 Å². The van der Waals surface area contributed by atoms with Crippen LogP contribution in [-0.2, 0) is 26.8 Å². The molecule has 0 aromatic heterocycles. The summed E-state index contributed by atoms with van der Waals surface area (Å²) in [7, 11) is -0.864. The van der Waals surface area contributed by atoms with Gasteiger partial charge in [-0.25, -0.2) is 8.42 Å². The van der Waals surface area contributed by atoms with Crippen LogP contribution in [0, 0.1) is 6.92 Å². The zero-order valence-corrected chi connectivity index (χ0v) is 23.4. The summed E-state index contributed by atoms with van der Waals surface area (Å²) in [4.78, 5) is 13.4. The molecule has 3 aromatic rings. The molecule has 4 rings (SSSR count). The summed E-state index contributed by atoms with van der Waals surface area (Å²) in [5, 5.41) is 2.86. The molecule has 0 fully saturated rings. The zero-order chi connectivity index (χ0) is 27.7. The van der Waals surface area contributed by atoms with Crippen LogP contribution in [-0.4, -0.2) is 41.2 Å². The fraction of sp³-hybridized carbons (Fsp3) is 0.345. The number of methoxy groups -OCH3 is 2. The molecule has 0 radical (unpaired) electrons. The maximum atomic E-state index is 13.8. The predicted octanol–water partition coefficient (Wildman–Crippen LogP) is 4.58. The molecule has 1 aliphatic heterocycles. The summed E-state index contributed by atoms with van der Waals surface area (Å²) in [6.07, 6.45) is -1.04. The number of carbonyl (C=O) groups excluding carboxylic acids is 1. The molecule has 3 aromatic carbocycles. The van der Waals surface area contributed by atoms with E-state index < -0.39 is 22.0 Å². The number of aryl methyl sites for hydroxylation is 1. The third-order valence-electron chi connectivity index (χ3n) is 6.51. The van der Waals surface area contributed by atoms with Gasteiger partial charge in [-0.2, -0.15) is 0 Å². The molecule has 0 saturated heterocycles. The maximum absolute atomic E-state index is 13.8. The number of hydrogen-bond donors (Lipinski definition) is 1. The van der Waals surface area contributed by atoms with Crippen LogP contribution in [0.1, 0.15) is 37.5 Å². The van der Waals surface area contributed by atoms with Crippen molar-refractivity contribution < 1.29 is 27.4 Å². The Labute approximate surface area is 224 Å². The molecule has 0 saturated carbocycles. The Morgan fingerprint density at radius 3 is 2.32 bits per heavy atom. The van der Waals surface area contributed by atoms with E-state index in [2.05, 4.69) is 26.1 Å². The maximum Gasteiger partial charge on any atom is 0.264 e. The van der Waals surface area contributed by atoms with E-state index in [-0.39, 0.29) is 23.4 Å². The number of amides is 1. The van der Waals surface area contributed by atoms with Crippen LogP contribution in [0.3, 0.4) is 0 Å². The van der Waals surface area contributed by atoms with Gasteiger partial charge >= 0.3 is 0 Å². The monoisotopic (exact) mass is 538 g/mol. The van der Waals surface area contributed by atoms with Gasteiger partial charge in [0.1, 0.15) is 5.75 Å². The van der Waals surface area contributed by atoms with Crippen LogP contribution in [0.25, 0.3) is 0 Å². The normalized spacial score (nSPS) is 15.3. The Morgan fingerprint density at radius 1 is 1.00 bits per heavy atom. The Kier molecular flexibility index (Phi) is 7.60. The number of carbonyl (C=O) groups is 1. The average Bonchev–Trinajstić information content (AvgIpc) is 2.90. The van der Waals surface area contributed by atoms with Crippen molar-refractivity contribution in [1.29, 1.82) is 0 Å². The molecule has 1 unspecified atom stereocenters. The van der Waals surface area contributed by atoms with Crippen molar-refractivity contribution in [3.63, 3.8) is 0 Å². The third-order valence-corrected chi connectivity index (χ3v) is 8.30. The molecular weight excluding hydrogens is 504 g/mol. The highest BCUT2D eigenvalue weighted by molar-refractivity contribution is 7.92. The van der Waals surface area contributed by atoms with Crippen molar-refractivity contribution in [2.45, 2.75) is 50.7 Å². The van der Waals surface area contributed by atoms with E-state index >= 15 is 0 Å². The minimum Gasteiger partial charge on any atom is -0.493 e. The first kappa shape index (κ1) is 27.3. The van der Waals surface area contributed by atoms with Gasteiger partial charge in [0.05, 0.1) is 31.3 Å². The van der Waals surface area contributed by atoms with Gasteiger partial charge in [-0.3, -0.25) is 9.10 Å². The van der Waals surface area contributed by atoms with Crippen LogP contribution in [0.15, 0.2) is 65.6 Å². The van der Waals surface area contributed by atoms with Crippen molar-refractivity contribution in [1.82, 2.24) is 5.32 Å². The number of benzene rings is 3. The summed E-state index contributed by atoms with van der Waals surface area (Å²) >= 11 is 0. The van der Waals surface area contributed by atoms with Crippen LogP contribution >= 0.6 is 0 Å². The van der Waals surface area contributed by atoms with Gasteiger partial charge in [-0.05, 0) is 59.9 Å². The minimum atomic E-state index is -3.96. The minimum absolute atomic E-state index is 0.154. The summed E-state index contributed by atoms with van der Waals surface area (Å²) in [6, 6.07) is 17.5. The molecule has 8 nitrogen and oxygen atoms in total. The number of nitrogens with one attached hydrogen (secondary N) is 1. The number of nitrogens with zero attached hydrogens (tertiary/aromatic N) is 1. The average molecular weight is 539 g/mol. The van der Waals surface area contributed by atoms with Crippen molar-refractivity contribution in [3.8, 4) is 17.2 Å². The Bertz CT molecular complexity index is 1430. The molecule has 1 aliphatic rings. The highest BCUT2D eigenvalue weighted by atomic mass is 32.2. The van der Waals surface area contributed by atoms with E-state index in [9.17, 15) is 13.2 Å². The molecule has 0 bridgehead atoms. The molecule has 1 amide bonds. The number of hydrogen-bond acceptors (Lipinski definition) is 6. The summed E-state index contributed by atoms with van der Waals surface area (Å²) < 4.78 is 45.6. The molecule has 1 atom stereocenters. The molecule has 1 N–H and O–H groups in total. The lowest BCUT2D eigenvalue weighted by atomic mass is 9.86. The van der Waals surface area contributed by atoms with E-state index in [4.69, 9.17) is 14.2 Å². The zero-order valence-electron chi connectivity index (χ0n) is 22.6. The van der Waals surface area contributed by atoms with E-state index in [0.717, 1.165) is 16.7 Å². The smallest absolute Gasteiger partial charge is 0.264 e. The second-order valence-electron chi connectivity index (χ2n) is 10.3. The first-order valence-electron chi connectivity index (χ1n) is 12.3. The SMILES string of the molecule is COc1ccc(CNC(=O)C2CN(S(=O)(=O)c3ccc(C)cc3)c3cc(C(C)(C)C)ccc3O2)cc1OC. The fourth-order valence-corrected chi connectivity index (χ4v) is 5.68. The summed E-state index contributed by atoms with van der Waals surface area (Å²) in [5.74, 6) is 1.05. The lowest BCUT2D eigenvalue weighted by Crippen LogP contribution is -2.50. The second kappa shape index (κ2) is 10.6. The van der Waals surface area contributed by atoms with Crippen LogP contribution < -0.4 is 23.8 Å². The van der Waals surface area contributed by atoms with E-state index in [1.54, 1.807) is 56.7 Å². The molecule has 9 heteroatoms. The standard InChI is InChI=1S/C29H34N2O6S/c1-19-7-11-22(12-8-19)38(33,34)31-18-27(37-24-14-10-21(16-23(24)31)29(2,3)4)28(32)30-17-20-9-13-25(35-5)26(15-20)36-6/h7-16,27H,17-18H2,1-6H3,(H,30,32). The number of ether oxygens (including phenoxy) is 3. The van der Waals surface area contributed by atoms with Crippen molar-refractivity contribution >= 4 is 21.6 Å². The molecule has 38 heavy (non-hydrogen) atoms. The first-order valence-corrected chi connectivity index (χ1v) is 13.8. The lowest BCUT2D eigenvalue weighted by Gasteiger charge is -2.36. The topological polar surface area (TPSA) is 94.2 Å². The van der Waals surface area contributed by atoms with Gasteiger partial charge in [0, 0.05) is 6.54 Å². The fourth-order valence-electron chi connectivity index (χ4n) is 4.21. The first-order chi connectivity index (χ1) is 17.9. The lowest BCUT2D eigenvalue weighted by molar-refractivity contribution is -0.127. The Hall–Kier alpha value is -3.72. The number of rotatable bonds is 7. The number of anilines is 1. The highest BCUT2D eigenvalue weighted by Crippen LogP contribution is 2.40. The predicted molar refractivity (Wildman–Crippen MR) is 147 cm³/mol. The van der Waals surface area contributed by atoms with Gasteiger partial charge in [-0.1, -0.05) is 50.6 Å². The summed E-state index contributed by atoms with van der Waals surface area (Å²) in [6.45, 7) is 8.12. The van der Waals surface area contributed by atoms with Crippen LogP contribution in [0.4, 0.5) is 5.69 Å². The van der Waals surface area contributed by atoms with Gasteiger partial charge in [0.2, 0.25) is 0 Å². The van der Waals surface area contributed by atoms with Crippen molar-refractivity contribution in [2.75, 3.05) is 25.1 Å². The summed E-state index contributed by atoms with van der Waals surface area (Å²) in [5.41, 5.74) is 2.92. The van der Waals surface area contributed by atoms with Crippen molar-refractivity contribution in [3.05, 3.63) is 77.4 Å². The van der Waals surface area contributed by atoms with Crippen LogP contribution in [0.5, 0.6) is 17.2 Å². The molecule has 0 aliphatic carbocycles. The molecular formula is C29H34N2O6S.